The van der Waals surface area contributed by atoms with Crippen LogP contribution in [-0.2, 0) is 19.2 Å². The van der Waals surface area contributed by atoms with E-state index in [-0.39, 0.29) is 17.9 Å². The number of alkyl halides is 3. The predicted octanol–water partition coefficient (Wildman–Crippen LogP) is 0.621. The molecule has 4 N–H and O–H groups in total. The molecule has 33 heavy (non-hydrogen) atoms. The molecule has 14 heteroatoms. The molecule has 0 spiro atoms. The number of halogens is 3. The van der Waals surface area contributed by atoms with Crippen LogP contribution in [0.25, 0.3) is 0 Å². The molecule has 1 aliphatic heterocycles. The zero-order valence-corrected chi connectivity index (χ0v) is 18.0. The number of carbonyl (C=O) groups is 5. The lowest BCUT2D eigenvalue weighted by Crippen LogP contribution is -2.56. The SMILES string of the molecule is NCC(=O)N1CCC[C@H]1C(=O)N(C(=O)c1ccccc1)[C@@H](CS)C(=O)O.O=C(O)C(F)(F)F. The Morgan fingerprint density at radius 1 is 1.15 bits per heavy atom. The number of rotatable bonds is 6. The van der Waals surface area contributed by atoms with Crippen molar-refractivity contribution in [1.29, 1.82) is 0 Å². The topological polar surface area (TPSA) is 158 Å². The summed E-state index contributed by atoms with van der Waals surface area (Å²) in [5.74, 6) is -6.20. The van der Waals surface area contributed by atoms with E-state index in [1.165, 1.54) is 17.0 Å². The van der Waals surface area contributed by atoms with Crippen molar-refractivity contribution in [3.8, 4) is 0 Å². The van der Waals surface area contributed by atoms with Gasteiger partial charge in [0.1, 0.15) is 12.1 Å². The van der Waals surface area contributed by atoms with Crippen molar-refractivity contribution in [2.45, 2.75) is 31.1 Å². The monoisotopic (exact) mass is 493 g/mol. The standard InChI is InChI=1S/C17H21N3O5S.C2HF3O2/c18-9-14(21)19-8-4-7-12(19)16(23)20(13(10-26)17(24)25)15(22)11-5-2-1-3-6-11;3-2(4,5)1(6)7/h1-3,5-6,12-13,26H,4,7-10,18H2,(H,24,25);(H,6,7)/t12-,13-;/m0./s1. The lowest BCUT2D eigenvalue weighted by Gasteiger charge is -2.32. The van der Waals surface area contributed by atoms with Gasteiger partial charge in [0.15, 0.2) is 0 Å². The van der Waals surface area contributed by atoms with E-state index in [2.05, 4.69) is 12.6 Å². The Hall–Kier alpha value is -3.13. The highest BCUT2D eigenvalue weighted by Gasteiger charge is 2.42. The van der Waals surface area contributed by atoms with Gasteiger partial charge in [-0.3, -0.25) is 19.3 Å². The number of likely N-dealkylation sites (tertiary alicyclic amines) is 1. The van der Waals surface area contributed by atoms with Crippen LogP contribution in [0.2, 0.25) is 0 Å². The molecule has 2 atom stereocenters. The van der Waals surface area contributed by atoms with Crippen molar-refractivity contribution in [2.75, 3.05) is 18.8 Å². The van der Waals surface area contributed by atoms with Crippen molar-refractivity contribution in [3.63, 3.8) is 0 Å². The molecule has 1 aromatic rings. The van der Waals surface area contributed by atoms with E-state index >= 15 is 0 Å². The molecule has 0 aromatic heterocycles. The van der Waals surface area contributed by atoms with E-state index in [1.54, 1.807) is 18.2 Å². The van der Waals surface area contributed by atoms with Gasteiger partial charge in [0.25, 0.3) is 11.8 Å². The van der Waals surface area contributed by atoms with Crippen LogP contribution in [0.15, 0.2) is 30.3 Å². The number of hydrogen-bond donors (Lipinski definition) is 4. The number of carboxylic acids is 2. The van der Waals surface area contributed by atoms with Crippen LogP contribution in [0.5, 0.6) is 0 Å². The van der Waals surface area contributed by atoms with Gasteiger partial charge in [0, 0.05) is 17.9 Å². The zero-order chi connectivity index (χ0) is 25.3. The van der Waals surface area contributed by atoms with E-state index in [1.807, 2.05) is 0 Å². The molecule has 1 aliphatic rings. The fourth-order valence-corrected chi connectivity index (χ4v) is 3.30. The van der Waals surface area contributed by atoms with Crippen LogP contribution >= 0.6 is 12.6 Å². The molecule has 2 rings (SSSR count). The maximum atomic E-state index is 13.1. The normalized spacial score (nSPS) is 16.3. The number of carbonyl (C=O) groups excluding carboxylic acids is 3. The van der Waals surface area contributed by atoms with Gasteiger partial charge in [-0.25, -0.2) is 9.59 Å². The zero-order valence-electron chi connectivity index (χ0n) is 17.1. The summed E-state index contributed by atoms with van der Waals surface area (Å²) in [6.45, 7) is 0.0871. The van der Waals surface area contributed by atoms with Gasteiger partial charge in [-0.2, -0.15) is 25.8 Å². The first-order valence-corrected chi connectivity index (χ1v) is 10.1. The van der Waals surface area contributed by atoms with Crippen molar-refractivity contribution in [3.05, 3.63) is 35.9 Å². The molecule has 0 aliphatic carbocycles. The average Bonchev–Trinajstić information content (AvgIpc) is 3.26. The summed E-state index contributed by atoms with van der Waals surface area (Å²) >= 11 is 3.99. The van der Waals surface area contributed by atoms with E-state index in [0.29, 0.717) is 24.3 Å². The summed E-state index contributed by atoms with van der Waals surface area (Å²) in [5, 5.41) is 16.6. The smallest absolute Gasteiger partial charge is 0.480 e. The Balaban J connectivity index is 0.000000675. The molecule has 3 amide bonds. The van der Waals surface area contributed by atoms with Crippen molar-refractivity contribution < 1.29 is 47.4 Å². The number of nitrogens with two attached hydrogens (primary N) is 1. The highest BCUT2D eigenvalue weighted by atomic mass is 32.1. The van der Waals surface area contributed by atoms with Crippen LogP contribution in [0, 0.1) is 0 Å². The maximum absolute atomic E-state index is 13.1. The number of aliphatic carboxylic acids is 2. The van der Waals surface area contributed by atoms with Gasteiger partial charge >= 0.3 is 18.1 Å². The van der Waals surface area contributed by atoms with Gasteiger partial charge in [0.2, 0.25) is 5.91 Å². The third-order valence-corrected chi connectivity index (χ3v) is 4.87. The predicted molar refractivity (Wildman–Crippen MR) is 110 cm³/mol. The van der Waals surface area contributed by atoms with E-state index in [0.717, 1.165) is 0 Å². The first-order valence-electron chi connectivity index (χ1n) is 9.42. The van der Waals surface area contributed by atoms with Gasteiger partial charge in [-0.05, 0) is 25.0 Å². The molecule has 0 saturated carbocycles. The highest BCUT2D eigenvalue weighted by Crippen LogP contribution is 2.22. The summed E-state index contributed by atoms with van der Waals surface area (Å²) < 4.78 is 31.7. The minimum absolute atomic E-state index is 0.184. The van der Waals surface area contributed by atoms with Gasteiger partial charge in [-0.15, -0.1) is 0 Å². The molecule has 1 heterocycles. The minimum atomic E-state index is -5.08. The highest BCUT2D eigenvalue weighted by molar-refractivity contribution is 7.80. The number of imide groups is 1. The second-order valence-electron chi connectivity index (χ2n) is 6.67. The van der Waals surface area contributed by atoms with Crippen LogP contribution in [-0.4, -0.2) is 86.8 Å². The Morgan fingerprint density at radius 2 is 1.70 bits per heavy atom. The molecule has 0 unspecified atom stereocenters. The second-order valence-corrected chi connectivity index (χ2v) is 7.03. The maximum Gasteiger partial charge on any atom is 0.490 e. The Labute approximate surface area is 191 Å². The first kappa shape index (κ1) is 27.9. The van der Waals surface area contributed by atoms with Gasteiger partial charge < -0.3 is 20.8 Å². The molecule has 0 bridgehead atoms. The minimum Gasteiger partial charge on any atom is -0.480 e. The van der Waals surface area contributed by atoms with E-state index in [4.69, 9.17) is 15.6 Å². The van der Waals surface area contributed by atoms with Gasteiger partial charge in [0.05, 0.1) is 6.54 Å². The molecule has 182 valence electrons. The van der Waals surface area contributed by atoms with Crippen molar-refractivity contribution in [2.24, 2.45) is 5.73 Å². The number of benzene rings is 1. The first-order chi connectivity index (χ1) is 15.4. The second kappa shape index (κ2) is 12.2. The quantitative estimate of drug-likeness (QED) is 0.332. The van der Waals surface area contributed by atoms with Crippen LogP contribution in [0.4, 0.5) is 13.2 Å². The molecular weight excluding hydrogens is 471 g/mol. The fraction of sp³-hybridized carbons (Fsp3) is 0.421. The third-order valence-electron chi connectivity index (χ3n) is 4.52. The van der Waals surface area contributed by atoms with Crippen LogP contribution in [0.3, 0.4) is 0 Å². The lowest BCUT2D eigenvalue weighted by atomic mass is 10.1. The molecule has 1 saturated heterocycles. The fourth-order valence-electron chi connectivity index (χ4n) is 2.98. The van der Waals surface area contributed by atoms with Crippen molar-refractivity contribution in [1.82, 2.24) is 9.80 Å². The Bertz CT molecular complexity index is 883. The molecular formula is C19H22F3N3O7S. The van der Waals surface area contributed by atoms with E-state index in [9.17, 15) is 37.5 Å². The molecule has 0 radical (unpaired) electrons. The lowest BCUT2D eigenvalue weighted by molar-refractivity contribution is -0.192. The third kappa shape index (κ3) is 7.46. The van der Waals surface area contributed by atoms with Crippen LogP contribution in [0.1, 0.15) is 23.2 Å². The summed E-state index contributed by atoms with van der Waals surface area (Å²) in [5.41, 5.74) is 5.57. The molecule has 1 fully saturated rings. The number of nitrogens with zero attached hydrogens (tertiary/aromatic N) is 2. The van der Waals surface area contributed by atoms with Crippen molar-refractivity contribution >= 4 is 42.3 Å². The summed E-state index contributed by atoms with van der Waals surface area (Å²) in [7, 11) is 0. The number of hydrogen-bond acceptors (Lipinski definition) is 7. The van der Waals surface area contributed by atoms with E-state index < -0.39 is 47.9 Å². The average molecular weight is 493 g/mol. The Morgan fingerprint density at radius 3 is 2.12 bits per heavy atom. The molecule has 10 nitrogen and oxygen atoms in total. The van der Waals surface area contributed by atoms with Gasteiger partial charge in [-0.1, -0.05) is 18.2 Å². The Kier molecular flexibility index (Phi) is 10.3. The summed E-state index contributed by atoms with van der Waals surface area (Å²) in [4.78, 5) is 60.4. The molecule has 1 aromatic carbocycles. The number of carboxylic acid groups (broad SMARTS) is 2. The summed E-state index contributed by atoms with van der Waals surface area (Å²) in [6.07, 6.45) is -4.16. The number of thiol groups is 1. The largest absolute Gasteiger partial charge is 0.490 e. The summed E-state index contributed by atoms with van der Waals surface area (Å²) in [6, 6.07) is 5.59. The van der Waals surface area contributed by atoms with Crippen LogP contribution < -0.4 is 5.73 Å². The number of amides is 3.